The Morgan fingerprint density at radius 3 is 1.30 bits per heavy atom. The van der Waals surface area contributed by atoms with Crippen molar-refractivity contribution in [2.45, 2.75) is 178 Å². The number of aliphatic carboxylic acids is 1. The summed E-state index contributed by atoms with van der Waals surface area (Å²) in [6, 6.07) is 13.2. The minimum atomic E-state index is -1.04. The highest BCUT2D eigenvalue weighted by molar-refractivity contribution is 5.96. The van der Waals surface area contributed by atoms with E-state index >= 15 is 0 Å². The summed E-state index contributed by atoms with van der Waals surface area (Å²) in [6.45, 7) is 30.5. The lowest BCUT2D eigenvalue weighted by Crippen LogP contribution is -2.49. The number of aromatic nitrogens is 4. The van der Waals surface area contributed by atoms with Gasteiger partial charge in [0.2, 0.25) is 5.89 Å². The SMILES string of the molecule is CC(C)C[C@@H](C=O)NC(=O)c1ccccn1.CC(C)C[C@H](NC(=O)OC(C)(C)C)C(=O)O.CC(C)Cc1coc(-c2ccccn2)n1.CON(C)C(=O)[C@H](CC(C)C)NC(=O)OC(C)(C)C.CON(C)C(=O)[C@H](CC(C)C)NC(=O)c1ccccn1. The second kappa shape index (κ2) is 40.5. The van der Waals surface area contributed by atoms with Crippen LogP contribution in [0.1, 0.15) is 163 Å². The van der Waals surface area contributed by atoms with Crippen LogP contribution in [-0.2, 0) is 44.7 Å². The monoisotopic (exact) mass is 1210 g/mol. The Bertz CT molecular complexity index is 2610. The Hall–Kier alpha value is -7.86. The van der Waals surface area contributed by atoms with Gasteiger partial charge in [-0.2, -0.15) is 0 Å². The molecule has 0 saturated carbocycles. The van der Waals surface area contributed by atoms with Gasteiger partial charge in [-0.25, -0.2) is 29.5 Å². The summed E-state index contributed by atoms with van der Waals surface area (Å²) in [4.78, 5) is 119. The Labute approximate surface area is 509 Å². The van der Waals surface area contributed by atoms with Crippen LogP contribution >= 0.6 is 0 Å². The molecule has 0 saturated heterocycles. The number of nitrogens with one attached hydrogen (secondary N) is 4. The molecule has 24 nitrogen and oxygen atoms in total. The number of oxazole rings is 1. The van der Waals surface area contributed by atoms with Gasteiger partial charge in [-0.15, -0.1) is 0 Å². The van der Waals surface area contributed by atoms with Gasteiger partial charge < -0.3 is 45.1 Å². The molecule has 5 N–H and O–H groups in total. The third kappa shape index (κ3) is 36.1. The van der Waals surface area contributed by atoms with Crippen molar-refractivity contribution in [3.05, 3.63) is 96.5 Å². The molecule has 0 unspecified atom stereocenters. The van der Waals surface area contributed by atoms with Crippen molar-refractivity contribution < 1.29 is 67.0 Å². The molecular weight excluding hydrogens is 1110 g/mol. The number of pyridine rings is 3. The molecule has 480 valence electrons. The number of carbonyl (C=O) groups excluding carboxylic acids is 7. The molecule has 24 heteroatoms. The summed E-state index contributed by atoms with van der Waals surface area (Å²) >= 11 is 0. The number of ether oxygens (including phenoxy) is 2. The number of hydrogen-bond acceptors (Lipinski definition) is 17. The van der Waals surface area contributed by atoms with Gasteiger partial charge in [0.15, 0.2) is 0 Å². The lowest BCUT2D eigenvalue weighted by atomic mass is 10.0. The molecule has 0 fully saturated rings. The Morgan fingerprint density at radius 2 is 0.953 bits per heavy atom. The van der Waals surface area contributed by atoms with Crippen LogP contribution in [-0.4, -0.2) is 147 Å². The van der Waals surface area contributed by atoms with E-state index in [4.69, 9.17) is 28.7 Å². The maximum atomic E-state index is 12.1. The fourth-order valence-electron chi connectivity index (χ4n) is 7.15. The van der Waals surface area contributed by atoms with Crippen molar-refractivity contribution in [3.8, 4) is 11.6 Å². The third-order valence-corrected chi connectivity index (χ3v) is 10.9. The zero-order valence-electron chi connectivity index (χ0n) is 54.3. The minimum Gasteiger partial charge on any atom is -0.480 e. The van der Waals surface area contributed by atoms with Gasteiger partial charge in [0.1, 0.15) is 59.0 Å². The first kappa shape index (κ1) is 78.1. The van der Waals surface area contributed by atoms with Gasteiger partial charge in [0.05, 0.1) is 26.0 Å². The number of likely N-dealkylation sites (N-methyl/N-ethyl adjacent to an activating group) is 2. The summed E-state index contributed by atoms with van der Waals surface area (Å²) in [5.41, 5.74) is 1.18. The van der Waals surface area contributed by atoms with Crippen LogP contribution in [0.5, 0.6) is 0 Å². The van der Waals surface area contributed by atoms with Crippen molar-refractivity contribution in [3.63, 3.8) is 0 Å². The molecule has 86 heavy (non-hydrogen) atoms. The fourth-order valence-corrected chi connectivity index (χ4v) is 7.15. The molecule has 0 aliphatic rings. The molecule has 0 spiro atoms. The molecular formula is C62H98N10O14. The summed E-state index contributed by atoms with van der Waals surface area (Å²) in [5.74, 6) is -0.0415. The number of aldehydes is 1. The number of carboxylic acid groups (broad SMARTS) is 1. The van der Waals surface area contributed by atoms with Gasteiger partial charge in [-0.1, -0.05) is 87.4 Å². The number of carbonyl (C=O) groups is 8. The topological polar surface area (TPSA) is 313 Å². The van der Waals surface area contributed by atoms with Crippen LogP contribution in [0.2, 0.25) is 0 Å². The summed E-state index contributed by atoms with van der Waals surface area (Å²) in [5, 5.41) is 21.4. The number of rotatable bonds is 23. The van der Waals surface area contributed by atoms with Crippen LogP contribution in [0.15, 0.2) is 83.9 Å². The first-order chi connectivity index (χ1) is 40.0. The van der Waals surface area contributed by atoms with Gasteiger partial charge in [0, 0.05) is 32.7 Å². The predicted octanol–water partition coefficient (Wildman–Crippen LogP) is 9.56. The average molecular weight is 1210 g/mol. The van der Waals surface area contributed by atoms with Crippen molar-refractivity contribution in [2.24, 2.45) is 29.6 Å². The van der Waals surface area contributed by atoms with Crippen molar-refractivity contribution >= 4 is 48.1 Å². The molecule has 4 heterocycles. The van der Waals surface area contributed by atoms with E-state index in [9.17, 15) is 38.4 Å². The molecule has 0 radical (unpaired) electrons. The van der Waals surface area contributed by atoms with Gasteiger partial charge >= 0.3 is 18.2 Å². The molecule has 0 aliphatic heterocycles. The van der Waals surface area contributed by atoms with Crippen LogP contribution in [0.25, 0.3) is 11.6 Å². The third-order valence-electron chi connectivity index (χ3n) is 10.9. The number of hydroxylamine groups is 4. The molecule has 4 atom stereocenters. The van der Waals surface area contributed by atoms with Crippen molar-refractivity contribution in [1.29, 1.82) is 0 Å². The molecule has 6 amide bonds. The number of amides is 6. The largest absolute Gasteiger partial charge is 0.480 e. The smallest absolute Gasteiger partial charge is 0.408 e. The number of carboxylic acids is 1. The number of alkyl carbamates (subject to hydrolysis) is 2. The van der Waals surface area contributed by atoms with E-state index in [-0.39, 0.29) is 47.1 Å². The summed E-state index contributed by atoms with van der Waals surface area (Å²) in [6.07, 6.45) is 9.02. The van der Waals surface area contributed by atoms with Gasteiger partial charge in [0.25, 0.3) is 23.6 Å². The van der Waals surface area contributed by atoms with E-state index in [2.05, 4.69) is 55.1 Å². The summed E-state index contributed by atoms with van der Waals surface area (Å²) < 4.78 is 15.5. The molecule has 4 aromatic heterocycles. The molecule has 0 aromatic carbocycles. The Balaban J connectivity index is 0.00000105. The quantitative estimate of drug-likeness (QED) is 0.0341. The van der Waals surface area contributed by atoms with E-state index in [1.54, 1.807) is 96.6 Å². The van der Waals surface area contributed by atoms with E-state index in [0.717, 1.165) is 34.2 Å². The second-order valence-electron chi connectivity index (χ2n) is 23.9. The number of nitrogens with zero attached hydrogens (tertiary/aromatic N) is 6. The van der Waals surface area contributed by atoms with Crippen LogP contribution in [0.3, 0.4) is 0 Å². The maximum absolute atomic E-state index is 12.1. The minimum absolute atomic E-state index is 0.191. The van der Waals surface area contributed by atoms with Gasteiger partial charge in [-0.3, -0.25) is 43.8 Å². The Kier molecular flexibility index (Phi) is 36.8. The standard InChI is InChI=1S/C14H21N3O3.C13H26N2O4.C12H16N2O2.C12H14N2O.C11H21NO4/c1-10(2)9-12(14(19)17(3)20-4)16-13(18)11-7-5-6-8-15-11;1-9(2)8-10(11(16)15(6)18-7)14-12(17)19-13(3,4)5;1-9(2)7-10(8-15)14-12(16)11-5-3-4-6-13-11;1-9(2)7-10-8-15-12(14-10)11-5-3-4-6-13-11;1-7(2)6-8(9(13)14)12-10(15)16-11(3,4)5/h5-8,10,12H,9H2,1-4H3,(H,16,18);9-10H,8H2,1-7H3,(H,14,17);3-6,8-10H,7H2,1-2H3,(H,14,16);3-6,8-9H,7H2,1-2H3;7-8H,6H2,1-5H3,(H,12,15)(H,13,14)/t12-;2*10-;;8-/m000.0/s1. The van der Waals surface area contributed by atoms with Crippen molar-refractivity contribution in [1.82, 2.24) is 51.3 Å². The fraction of sp³-hybridized carbons (Fsp3) is 0.581. The first-order valence-corrected chi connectivity index (χ1v) is 28.6. The molecule has 4 aromatic rings. The molecule has 0 bridgehead atoms. The Morgan fingerprint density at radius 1 is 0.558 bits per heavy atom. The first-order valence-electron chi connectivity index (χ1n) is 28.6. The van der Waals surface area contributed by atoms with E-state index < -0.39 is 53.5 Å². The predicted molar refractivity (Wildman–Crippen MR) is 327 cm³/mol. The average Bonchev–Trinajstić information content (AvgIpc) is 4.06. The highest BCUT2D eigenvalue weighted by Gasteiger charge is 2.29. The highest BCUT2D eigenvalue weighted by Crippen LogP contribution is 2.18. The zero-order valence-corrected chi connectivity index (χ0v) is 54.3. The second-order valence-corrected chi connectivity index (χ2v) is 23.9. The zero-order chi connectivity index (χ0) is 65.9. The number of hydrogen-bond donors (Lipinski definition) is 5. The van der Waals surface area contributed by atoms with E-state index in [1.807, 2.05) is 73.6 Å². The lowest BCUT2D eigenvalue weighted by molar-refractivity contribution is -0.171. The van der Waals surface area contributed by atoms with E-state index in [1.165, 1.54) is 34.5 Å². The van der Waals surface area contributed by atoms with Crippen LogP contribution < -0.4 is 21.3 Å². The summed E-state index contributed by atoms with van der Waals surface area (Å²) in [7, 11) is 5.83. The normalized spacial score (nSPS) is 12.3. The highest BCUT2D eigenvalue weighted by atomic mass is 16.7. The van der Waals surface area contributed by atoms with Crippen molar-refractivity contribution in [2.75, 3.05) is 28.3 Å². The van der Waals surface area contributed by atoms with Gasteiger partial charge in [-0.05, 0) is 140 Å². The lowest BCUT2D eigenvalue weighted by Gasteiger charge is -2.26. The molecule has 0 aliphatic carbocycles. The van der Waals surface area contributed by atoms with Crippen LogP contribution in [0.4, 0.5) is 9.59 Å². The van der Waals surface area contributed by atoms with E-state index in [0.29, 0.717) is 49.1 Å². The maximum Gasteiger partial charge on any atom is 0.408 e. The molecule has 4 rings (SSSR count). The van der Waals surface area contributed by atoms with Crippen LogP contribution in [0, 0.1) is 29.6 Å².